The first kappa shape index (κ1) is 18.3. The van der Waals surface area contributed by atoms with Gasteiger partial charge in [0.15, 0.2) is 5.16 Å². The maximum atomic E-state index is 12.4. The summed E-state index contributed by atoms with van der Waals surface area (Å²) in [4.78, 5) is 17.3. The molecular weight excluding hydrogens is 368 g/mol. The summed E-state index contributed by atoms with van der Waals surface area (Å²) < 4.78 is 2.20. The Labute approximate surface area is 168 Å². The van der Waals surface area contributed by atoms with Gasteiger partial charge in [0.25, 0.3) is 0 Å². The van der Waals surface area contributed by atoms with Crippen molar-refractivity contribution in [3.05, 3.63) is 71.5 Å². The van der Waals surface area contributed by atoms with Crippen LogP contribution in [0.25, 0.3) is 5.69 Å². The van der Waals surface area contributed by atoms with Gasteiger partial charge in [0, 0.05) is 17.1 Å². The van der Waals surface area contributed by atoms with E-state index in [1.807, 2.05) is 18.2 Å². The topological polar surface area (TPSA) is 70.7 Å². The quantitative estimate of drug-likeness (QED) is 0.660. The zero-order valence-corrected chi connectivity index (χ0v) is 16.2. The van der Waals surface area contributed by atoms with E-state index in [1.54, 1.807) is 24.3 Å². The number of aromatic nitrogens is 2. The number of hydrogen-bond acceptors (Lipinski definition) is 4. The smallest absolute Gasteiger partial charge is 0.234 e. The van der Waals surface area contributed by atoms with Gasteiger partial charge in [0.2, 0.25) is 5.91 Å². The van der Waals surface area contributed by atoms with Crippen molar-refractivity contribution in [3.63, 3.8) is 0 Å². The summed E-state index contributed by atoms with van der Waals surface area (Å²) >= 11 is 1.45. The number of rotatable bonds is 5. The van der Waals surface area contributed by atoms with Crippen molar-refractivity contribution in [2.75, 3.05) is 11.1 Å². The van der Waals surface area contributed by atoms with Gasteiger partial charge in [-0.3, -0.25) is 9.36 Å². The summed E-state index contributed by atoms with van der Waals surface area (Å²) in [5.74, 6) is 0.153. The molecule has 3 aromatic rings. The Bertz CT molecular complexity index is 1040. The number of nitrogens with one attached hydrogen (secondary N) is 1. The molecule has 0 bridgehead atoms. The molecule has 4 rings (SSSR count). The van der Waals surface area contributed by atoms with Gasteiger partial charge in [-0.25, -0.2) is 4.98 Å². The monoisotopic (exact) mass is 388 g/mol. The highest BCUT2D eigenvalue weighted by Crippen LogP contribution is 2.30. The molecule has 6 heteroatoms. The Morgan fingerprint density at radius 1 is 1.14 bits per heavy atom. The number of para-hydroxylation sites is 1. The van der Waals surface area contributed by atoms with Crippen molar-refractivity contribution in [1.82, 2.24) is 9.55 Å². The highest BCUT2D eigenvalue weighted by molar-refractivity contribution is 7.99. The summed E-state index contributed by atoms with van der Waals surface area (Å²) in [5.41, 5.74) is 4.66. The van der Waals surface area contributed by atoms with Gasteiger partial charge < -0.3 is 5.32 Å². The van der Waals surface area contributed by atoms with Crippen LogP contribution in [0.1, 0.15) is 29.8 Å². The van der Waals surface area contributed by atoms with Gasteiger partial charge in [-0.2, -0.15) is 5.26 Å². The lowest BCUT2D eigenvalue weighted by Crippen LogP contribution is -2.14. The first-order chi connectivity index (χ1) is 13.7. The van der Waals surface area contributed by atoms with Crippen LogP contribution in [-0.2, 0) is 17.6 Å². The number of fused-ring (bicyclic) bond motifs is 1. The van der Waals surface area contributed by atoms with E-state index in [2.05, 4.69) is 28.1 Å². The Hall–Kier alpha value is -3.04. The number of nitriles is 1. The first-order valence-corrected chi connectivity index (χ1v) is 10.3. The first-order valence-electron chi connectivity index (χ1n) is 9.33. The van der Waals surface area contributed by atoms with Crippen LogP contribution >= 0.6 is 11.8 Å². The van der Waals surface area contributed by atoms with Crippen LogP contribution in [0.4, 0.5) is 5.69 Å². The lowest BCUT2D eigenvalue weighted by molar-refractivity contribution is -0.113. The van der Waals surface area contributed by atoms with Crippen molar-refractivity contribution in [1.29, 1.82) is 5.26 Å². The minimum Gasteiger partial charge on any atom is -0.325 e. The molecule has 0 saturated heterocycles. The second-order valence-electron chi connectivity index (χ2n) is 6.70. The predicted octanol–water partition coefficient (Wildman–Crippen LogP) is 4.35. The predicted molar refractivity (Wildman–Crippen MR) is 111 cm³/mol. The van der Waals surface area contributed by atoms with Crippen LogP contribution in [0.5, 0.6) is 0 Å². The summed E-state index contributed by atoms with van der Waals surface area (Å²) in [7, 11) is 0. The molecule has 1 N–H and O–H groups in total. The Balaban J connectivity index is 1.52. The Kier molecular flexibility index (Phi) is 5.45. The van der Waals surface area contributed by atoms with E-state index in [0.29, 0.717) is 11.3 Å². The number of imidazole rings is 1. The van der Waals surface area contributed by atoms with Crippen molar-refractivity contribution in [3.8, 4) is 11.8 Å². The van der Waals surface area contributed by atoms with E-state index in [9.17, 15) is 4.79 Å². The summed E-state index contributed by atoms with van der Waals surface area (Å²) in [6, 6.07) is 19.2. The molecule has 0 fully saturated rings. The molecule has 140 valence electrons. The SMILES string of the molecule is N#Cc1cccc(NC(=O)CSc2nc3c(n2-c2ccccc2)CCCC3)c1. The third-order valence-corrected chi connectivity index (χ3v) is 5.66. The lowest BCUT2D eigenvalue weighted by Gasteiger charge is -2.15. The van der Waals surface area contributed by atoms with Crippen LogP contribution in [0.2, 0.25) is 0 Å². The van der Waals surface area contributed by atoms with Gasteiger partial charge >= 0.3 is 0 Å². The lowest BCUT2D eigenvalue weighted by atomic mass is 10.0. The summed E-state index contributed by atoms with van der Waals surface area (Å²) in [6.45, 7) is 0. The molecular formula is C22H20N4OS. The summed E-state index contributed by atoms with van der Waals surface area (Å²) in [6.07, 6.45) is 4.35. The van der Waals surface area contributed by atoms with E-state index in [0.717, 1.165) is 29.4 Å². The minimum atomic E-state index is -0.110. The third-order valence-electron chi connectivity index (χ3n) is 4.72. The molecule has 1 aliphatic rings. The van der Waals surface area contributed by atoms with E-state index in [4.69, 9.17) is 10.2 Å². The van der Waals surface area contributed by atoms with E-state index in [1.165, 1.54) is 30.3 Å². The largest absolute Gasteiger partial charge is 0.325 e. The molecule has 1 heterocycles. The fourth-order valence-electron chi connectivity index (χ4n) is 3.45. The molecule has 0 atom stereocenters. The van der Waals surface area contributed by atoms with Crippen LogP contribution in [0.3, 0.4) is 0 Å². The molecule has 0 radical (unpaired) electrons. The third kappa shape index (κ3) is 3.95. The van der Waals surface area contributed by atoms with E-state index < -0.39 is 0 Å². The number of aryl methyl sites for hydroxylation is 1. The van der Waals surface area contributed by atoms with Crippen LogP contribution < -0.4 is 5.32 Å². The van der Waals surface area contributed by atoms with E-state index >= 15 is 0 Å². The molecule has 5 nitrogen and oxygen atoms in total. The molecule has 1 amide bonds. The number of nitrogens with zero attached hydrogens (tertiary/aromatic N) is 3. The highest BCUT2D eigenvalue weighted by atomic mass is 32.2. The Morgan fingerprint density at radius 3 is 2.79 bits per heavy atom. The van der Waals surface area contributed by atoms with E-state index in [-0.39, 0.29) is 11.7 Å². The number of carbonyl (C=O) groups is 1. The van der Waals surface area contributed by atoms with Gasteiger partial charge in [0.05, 0.1) is 23.1 Å². The van der Waals surface area contributed by atoms with Crippen molar-refractivity contribution in [2.24, 2.45) is 0 Å². The molecule has 0 saturated carbocycles. The molecule has 1 aromatic heterocycles. The number of thioether (sulfide) groups is 1. The van der Waals surface area contributed by atoms with Gasteiger partial charge in [-0.05, 0) is 56.0 Å². The standard InChI is InChI=1S/C22H20N4OS/c23-14-16-7-6-8-17(13-16)24-21(27)15-28-22-25-19-11-4-5-12-20(19)26(22)18-9-2-1-3-10-18/h1-3,6-10,13H,4-5,11-12,15H2,(H,24,27). The van der Waals surface area contributed by atoms with Gasteiger partial charge in [-0.1, -0.05) is 36.0 Å². The number of carbonyl (C=O) groups excluding carboxylic acids is 1. The average molecular weight is 388 g/mol. The number of benzene rings is 2. The van der Waals surface area contributed by atoms with Gasteiger partial charge in [0.1, 0.15) is 0 Å². The van der Waals surface area contributed by atoms with Crippen LogP contribution in [0, 0.1) is 11.3 Å². The van der Waals surface area contributed by atoms with Crippen molar-refractivity contribution < 1.29 is 4.79 Å². The maximum absolute atomic E-state index is 12.4. The number of hydrogen-bond donors (Lipinski definition) is 1. The maximum Gasteiger partial charge on any atom is 0.234 e. The zero-order valence-electron chi connectivity index (χ0n) is 15.4. The highest BCUT2D eigenvalue weighted by Gasteiger charge is 2.21. The average Bonchev–Trinajstić information content (AvgIpc) is 3.11. The number of amides is 1. The second kappa shape index (κ2) is 8.32. The van der Waals surface area contributed by atoms with Crippen molar-refractivity contribution >= 4 is 23.4 Å². The Morgan fingerprint density at radius 2 is 1.96 bits per heavy atom. The number of anilines is 1. The fraction of sp³-hybridized carbons (Fsp3) is 0.227. The summed E-state index contributed by atoms with van der Waals surface area (Å²) in [5, 5.41) is 12.7. The molecule has 0 aliphatic heterocycles. The minimum absolute atomic E-state index is 0.110. The molecule has 2 aromatic carbocycles. The van der Waals surface area contributed by atoms with Gasteiger partial charge in [-0.15, -0.1) is 0 Å². The zero-order chi connectivity index (χ0) is 19.3. The van der Waals surface area contributed by atoms with Crippen LogP contribution in [0.15, 0.2) is 59.8 Å². The normalized spacial score (nSPS) is 12.8. The second-order valence-corrected chi connectivity index (χ2v) is 7.64. The van der Waals surface area contributed by atoms with Crippen LogP contribution in [-0.4, -0.2) is 21.2 Å². The molecule has 1 aliphatic carbocycles. The molecule has 0 spiro atoms. The molecule has 28 heavy (non-hydrogen) atoms. The fourth-order valence-corrected chi connectivity index (χ4v) is 4.30. The molecule has 0 unspecified atom stereocenters. The van der Waals surface area contributed by atoms with Crippen molar-refractivity contribution in [2.45, 2.75) is 30.8 Å².